The monoisotopic (exact) mass is 298 g/mol. The van der Waals surface area contributed by atoms with Crippen LogP contribution in [0, 0.1) is 12.7 Å². The van der Waals surface area contributed by atoms with Gasteiger partial charge in [0.2, 0.25) is 0 Å². The topological polar surface area (TPSA) is 26.3 Å². The van der Waals surface area contributed by atoms with Crippen molar-refractivity contribution >= 4 is 5.97 Å². The van der Waals surface area contributed by atoms with Crippen LogP contribution in [0.25, 0.3) is 0 Å². The number of rotatable bonds is 3. The zero-order valence-corrected chi connectivity index (χ0v) is 12.9. The average molecular weight is 298 g/mol. The smallest absolute Gasteiger partial charge is 0.342 e. The highest BCUT2D eigenvalue weighted by molar-refractivity contribution is 5.93. The second-order valence-electron chi connectivity index (χ2n) is 5.83. The summed E-state index contributed by atoms with van der Waals surface area (Å²) in [4.78, 5) is 12.3. The van der Waals surface area contributed by atoms with Crippen molar-refractivity contribution in [1.82, 2.24) is 0 Å². The number of hydrogen-bond acceptors (Lipinski definition) is 2. The molecule has 0 radical (unpaired) electrons. The predicted molar refractivity (Wildman–Crippen MR) is 83.4 cm³/mol. The van der Waals surface area contributed by atoms with E-state index in [-0.39, 0.29) is 11.7 Å². The van der Waals surface area contributed by atoms with E-state index in [0.717, 1.165) is 23.1 Å². The molecule has 2 aromatic rings. The van der Waals surface area contributed by atoms with E-state index in [1.807, 2.05) is 44.2 Å². The van der Waals surface area contributed by atoms with Crippen LogP contribution in [0.4, 0.5) is 4.39 Å². The molecule has 1 heterocycles. The number of aryl methyl sites for hydroxylation is 2. The van der Waals surface area contributed by atoms with E-state index in [9.17, 15) is 9.18 Å². The number of fused-ring (bicyclic) bond motifs is 1. The van der Waals surface area contributed by atoms with E-state index >= 15 is 0 Å². The SMILES string of the molecule is CCCc1ccc2c(c1F)C(=O)OC(c1ccc(C)cc1)C2. The Bertz CT molecular complexity index is 704. The standard InChI is InChI=1S/C19H19FO2/c1-3-4-14-9-10-15-11-16(13-7-5-12(2)6-8-13)22-19(21)17(15)18(14)20/h5-10,16H,3-4,11H2,1-2H3. The third-order valence-corrected chi connectivity index (χ3v) is 4.14. The van der Waals surface area contributed by atoms with Crippen LogP contribution >= 0.6 is 0 Å². The molecule has 114 valence electrons. The van der Waals surface area contributed by atoms with Gasteiger partial charge in [0.1, 0.15) is 11.9 Å². The molecule has 3 heteroatoms. The summed E-state index contributed by atoms with van der Waals surface area (Å²) in [5.41, 5.74) is 3.55. The Labute approximate surface area is 129 Å². The van der Waals surface area contributed by atoms with Crippen LogP contribution in [0.2, 0.25) is 0 Å². The summed E-state index contributed by atoms with van der Waals surface area (Å²) >= 11 is 0. The van der Waals surface area contributed by atoms with Gasteiger partial charge in [0.15, 0.2) is 0 Å². The first-order valence-corrected chi connectivity index (χ1v) is 7.68. The van der Waals surface area contributed by atoms with Crippen molar-refractivity contribution in [3.63, 3.8) is 0 Å². The van der Waals surface area contributed by atoms with Crippen LogP contribution in [-0.4, -0.2) is 5.97 Å². The molecule has 1 aliphatic heterocycles. The summed E-state index contributed by atoms with van der Waals surface area (Å²) in [5, 5.41) is 0. The van der Waals surface area contributed by atoms with Gasteiger partial charge in [0.25, 0.3) is 0 Å². The van der Waals surface area contributed by atoms with Crippen LogP contribution < -0.4 is 0 Å². The number of carbonyl (C=O) groups is 1. The zero-order valence-electron chi connectivity index (χ0n) is 12.9. The molecule has 0 saturated carbocycles. The lowest BCUT2D eigenvalue weighted by Gasteiger charge is -2.26. The van der Waals surface area contributed by atoms with Gasteiger partial charge in [-0.1, -0.05) is 55.3 Å². The van der Waals surface area contributed by atoms with E-state index in [1.54, 1.807) is 6.07 Å². The van der Waals surface area contributed by atoms with E-state index in [4.69, 9.17) is 4.74 Å². The maximum absolute atomic E-state index is 14.5. The zero-order chi connectivity index (χ0) is 15.7. The van der Waals surface area contributed by atoms with Crippen LogP contribution in [0.5, 0.6) is 0 Å². The van der Waals surface area contributed by atoms with Crippen molar-refractivity contribution < 1.29 is 13.9 Å². The first-order chi connectivity index (χ1) is 10.6. The number of carbonyl (C=O) groups excluding carboxylic acids is 1. The lowest BCUT2D eigenvalue weighted by Crippen LogP contribution is -2.23. The Kier molecular flexibility index (Phi) is 3.97. The Morgan fingerprint density at radius 3 is 2.59 bits per heavy atom. The van der Waals surface area contributed by atoms with Crippen molar-refractivity contribution in [1.29, 1.82) is 0 Å². The fourth-order valence-electron chi connectivity index (χ4n) is 2.91. The molecular weight excluding hydrogens is 279 g/mol. The number of esters is 1. The Balaban J connectivity index is 1.95. The summed E-state index contributed by atoms with van der Waals surface area (Å²) in [5.74, 6) is -0.964. The van der Waals surface area contributed by atoms with Gasteiger partial charge in [0.05, 0.1) is 5.56 Å². The maximum Gasteiger partial charge on any atom is 0.342 e. The van der Waals surface area contributed by atoms with Crippen LogP contribution in [0.1, 0.15) is 52.1 Å². The van der Waals surface area contributed by atoms with Gasteiger partial charge in [-0.2, -0.15) is 0 Å². The minimum absolute atomic E-state index is 0.120. The molecule has 0 amide bonds. The predicted octanol–water partition coefficient (Wildman–Crippen LogP) is 4.54. The third kappa shape index (κ3) is 2.63. The normalized spacial score (nSPS) is 17.0. The van der Waals surface area contributed by atoms with Gasteiger partial charge < -0.3 is 4.74 Å². The first kappa shape index (κ1) is 14.8. The average Bonchev–Trinajstić information content (AvgIpc) is 2.50. The summed E-state index contributed by atoms with van der Waals surface area (Å²) in [6.45, 7) is 4.00. The lowest BCUT2D eigenvalue weighted by atomic mass is 9.92. The van der Waals surface area contributed by atoms with Crippen molar-refractivity contribution in [3.05, 3.63) is 70.0 Å². The molecular formula is C19H19FO2. The van der Waals surface area contributed by atoms with E-state index < -0.39 is 11.8 Å². The highest BCUT2D eigenvalue weighted by atomic mass is 19.1. The van der Waals surface area contributed by atoms with Crippen LogP contribution in [-0.2, 0) is 17.6 Å². The molecule has 0 aliphatic carbocycles. The Morgan fingerprint density at radius 2 is 1.91 bits per heavy atom. The summed E-state index contributed by atoms with van der Waals surface area (Å²) in [6, 6.07) is 11.6. The molecule has 2 nitrogen and oxygen atoms in total. The molecule has 0 fully saturated rings. The maximum atomic E-state index is 14.5. The molecule has 0 N–H and O–H groups in total. The van der Waals surface area contributed by atoms with Crippen molar-refractivity contribution in [2.24, 2.45) is 0 Å². The molecule has 0 bridgehead atoms. The van der Waals surface area contributed by atoms with E-state index in [1.165, 1.54) is 0 Å². The number of cyclic esters (lactones) is 1. The number of benzene rings is 2. The summed E-state index contributed by atoms with van der Waals surface area (Å²) in [6.07, 6.45) is 1.66. The Morgan fingerprint density at radius 1 is 1.18 bits per heavy atom. The van der Waals surface area contributed by atoms with Gasteiger partial charge in [-0.3, -0.25) is 0 Å². The van der Waals surface area contributed by atoms with Gasteiger partial charge in [-0.05, 0) is 30.0 Å². The lowest BCUT2D eigenvalue weighted by molar-refractivity contribution is 0.0245. The number of ether oxygens (including phenoxy) is 1. The molecule has 1 unspecified atom stereocenters. The van der Waals surface area contributed by atoms with Crippen LogP contribution in [0.3, 0.4) is 0 Å². The third-order valence-electron chi connectivity index (χ3n) is 4.14. The molecule has 0 aromatic heterocycles. The minimum atomic E-state index is -0.553. The highest BCUT2D eigenvalue weighted by Crippen LogP contribution is 2.33. The van der Waals surface area contributed by atoms with Crippen molar-refractivity contribution in [3.8, 4) is 0 Å². The van der Waals surface area contributed by atoms with Crippen molar-refractivity contribution in [2.75, 3.05) is 0 Å². The first-order valence-electron chi connectivity index (χ1n) is 7.68. The second kappa shape index (κ2) is 5.91. The molecule has 22 heavy (non-hydrogen) atoms. The second-order valence-corrected chi connectivity index (χ2v) is 5.83. The fraction of sp³-hybridized carbons (Fsp3) is 0.316. The fourth-order valence-corrected chi connectivity index (χ4v) is 2.91. The number of halogens is 1. The number of hydrogen-bond donors (Lipinski definition) is 0. The largest absolute Gasteiger partial charge is 0.453 e. The molecule has 2 aromatic carbocycles. The molecule has 0 saturated heterocycles. The summed E-state index contributed by atoms with van der Waals surface area (Å²) in [7, 11) is 0. The molecule has 1 aliphatic rings. The minimum Gasteiger partial charge on any atom is -0.453 e. The van der Waals surface area contributed by atoms with Crippen molar-refractivity contribution in [2.45, 2.75) is 39.2 Å². The molecule has 1 atom stereocenters. The quantitative estimate of drug-likeness (QED) is 0.778. The van der Waals surface area contributed by atoms with Crippen LogP contribution in [0.15, 0.2) is 36.4 Å². The van der Waals surface area contributed by atoms with E-state index in [0.29, 0.717) is 18.4 Å². The summed E-state index contributed by atoms with van der Waals surface area (Å²) < 4.78 is 19.9. The Hall–Kier alpha value is -2.16. The van der Waals surface area contributed by atoms with E-state index in [2.05, 4.69) is 0 Å². The van der Waals surface area contributed by atoms with Gasteiger partial charge in [-0.15, -0.1) is 0 Å². The van der Waals surface area contributed by atoms with Gasteiger partial charge >= 0.3 is 5.97 Å². The van der Waals surface area contributed by atoms with Gasteiger partial charge in [0, 0.05) is 6.42 Å². The molecule has 0 spiro atoms. The van der Waals surface area contributed by atoms with Gasteiger partial charge in [-0.25, -0.2) is 9.18 Å². The highest BCUT2D eigenvalue weighted by Gasteiger charge is 2.31. The molecule has 3 rings (SSSR count).